The van der Waals surface area contributed by atoms with Crippen molar-refractivity contribution in [3.05, 3.63) is 34.6 Å². The normalized spacial score (nSPS) is 22.9. The zero-order chi connectivity index (χ0) is 12.4. The lowest BCUT2D eigenvalue weighted by Gasteiger charge is -2.31. The van der Waals surface area contributed by atoms with Crippen LogP contribution >= 0.6 is 11.6 Å². The van der Waals surface area contributed by atoms with Gasteiger partial charge in [-0.15, -0.1) is 0 Å². The molecule has 1 aliphatic heterocycles. The molecule has 0 saturated carbocycles. The van der Waals surface area contributed by atoms with Crippen LogP contribution in [0.15, 0.2) is 18.2 Å². The van der Waals surface area contributed by atoms with Gasteiger partial charge < -0.3 is 5.73 Å². The Hall–Kier alpha value is -0.640. The summed E-state index contributed by atoms with van der Waals surface area (Å²) in [5.41, 5.74) is 6.36. The Morgan fingerprint density at radius 2 is 2.35 bits per heavy atom. The number of likely N-dealkylation sites (tertiary alicyclic amines) is 1. The van der Waals surface area contributed by atoms with Gasteiger partial charge in [0, 0.05) is 23.2 Å². The van der Waals surface area contributed by atoms with E-state index in [4.69, 9.17) is 17.3 Å². The Labute approximate surface area is 107 Å². The fourth-order valence-electron chi connectivity index (χ4n) is 2.67. The van der Waals surface area contributed by atoms with E-state index in [1.807, 2.05) is 0 Å². The first-order chi connectivity index (χ1) is 8.15. The van der Waals surface area contributed by atoms with Crippen molar-refractivity contribution in [3.8, 4) is 0 Å². The Balaban J connectivity index is 2.35. The van der Waals surface area contributed by atoms with Crippen LogP contribution < -0.4 is 5.73 Å². The first kappa shape index (κ1) is 12.8. The number of nitrogens with two attached hydrogens (primary N) is 1. The second kappa shape index (κ2) is 5.34. The van der Waals surface area contributed by atoms with E-state index in [1.54, 1.807) is 12.1 Å². The number of nitrogens with zero attached hydrogens (tertiary/aromatic N) is 1. The molecule has 0 bridgehead atoms. The van der Waals surface area contributed by atoms with Gasteiger partial charge in [-0.3, -0.25) is 4.90 Å². The molecule has 1 aliphatic rings. The summed E-state index contributed by atoms with van der Waals surface area (Å²) < 4.78 is 13.9. The molecule has 2 nitrogen and oxygen atoms in total. The minimum Gasteiger partial charge on any atom is -0.329 e. The predicted molar refractivity (Wildman–Crippen MR) is 68.6 cm³/mol. The first-order valence-corrected chi connectivity index (χ1v) is 6.42. The van der Waals surface area contributed by atoms with Crippen molar-refractivity contribution in [1.29, 1.82) is 0 Å². The molecule has 1 aromatic carbocycles. The predicted octanol–water partition coefficient (Wildman–Crippen LogP) is 2.96. The van der Waals surface area contributed by atoms with Gasteiger partial charge >= 0.3 is 0 Å². The maximum atomic E-state index is 13.9. The van der Waals surface area contributed by atoms with Crippen LogP contribution in [0.5, 0.6) is 0 Å². The van der Waals surface area contributed by atoms with Crippen molar-refractivity contribution >= 4 is 11.6 Å². The van der Waals surface area contributed by atoms with Crippen molar-refractivity contribution in [2.24, 2.45) is 5.73 Å². The molecule has 17 heavy (non-hydrogen) atoms. The molecular weight excluding hydrogens is 239 g/mol. The third-order valence-electron chi connectivity index (χ3n) is 3.56. The maximum absolute atomic E-state index is 13.9. The summed E-state index contributed by atoms with van der Waals surface area (Å²) in [6, 6.07) is 5.14. The van der Waals surface area contributed by atoms with Crippen LogP contribution in [0.2, 0.25) is 5.02 Å². The average molecular weight is 257 g/mol. The van der Waals surface area contributed by atoms with Crippen molar-refractivity contribution in [3.63, 3.8) is 0 Å². The fourth-order valence-corrected chi connectivity index (χ4v) is 2.96. The van der Waals surface area contributed by atoms with E-state index in [0.717, 1.165) is 19.4 Å². The van der Waals surface area contributed by atoms with Gasteiger partial charge in [-0.25, -0.2) is 4.39 Å². The van der Waals surface area contributed by atoms with E-state index >= 15 is 0 Å². The molecule has 1 aromatic rings. The Bertz CT molecular complexity index is 377. The molecule has 2 atom stereocenters. The third kappa shape index (κ3) is 2.46. The van der Waals surface area contributed by atoms with Crippen LogP contribution in [0.4, 0.5) is 4.39 Å². The van der Waals surface area contributed by atoms with E-state index < -0.39 is 0 Å². The molecule has 4 heteroatoms. The van der Waals surface area contributed by atoms with Gasteiger partial charge in [0.05, 0.1) is 6.04 Å². The molecule has 0 aromatic heterocycles. The molecule has 0 radical (unpaired) electrons. The molecule has 1 fully saturated rings. The number of rotatable bonds is 3. The van der Waals surface area contributed by atoms with Gasteiger partial charge in [0.1, 0.15) is 5.82 Å². The number of halogens is 2. The van der Waals surface area contributed by atoms with E-state index in [1.165, 1.54) is 6.07 Å². The van der Waals surface area contributed by atoms with E-state index in [0.29, 0.717) is 23.2 Å². The van der Waals surface area contributed by atoms with Crippen LogP contribution in [0, 0.1) is 5.82 Å². The average Bonchev–Trinajstić information content (AvgIpc) is 2.70. The summed E-state index contributed by atoms with van der Waals surface area (Å²) in [5, 5.41) is 0.472. The van der Waals surface area contributed by atoms with Crippen LogP contribution in [0.25, 0.3) is 0 Å². The second-order valence-electron chi connectivity index (χ2n) is 4.62. The van der Waals surface area contributed by atoms with Gasteiger partial charge in [-0.05, 0) is 38.4 Å². The molecule has 94 valence electrons. The Kier molecular flexibility index (Phi) is 4.02. The quantitative estimate of drug-likeness (QED) is 0.901. The fraction of sp³-hybridized carbons (Fsp3) is 0.538. The number of benzene rings is 1. The molecule has 1 heterocycles. The minimum atomic E-state index is -0.257. The molecule has 0 spiro atoms. The van der Waals surface area contributed by atoms with Gasteiger partial charge in [-0.1, -0.05) is 17.7 Å². The van der Waals surface area contributed by atoms with Gasteiger partial charge in [0.2, 0.25) is 0 Å². The van der Waals surface area contributed by atoms with E-state index in [9.17, 15) is 4.39 Å². The highest BCUT2D eigenvalue weighted by Crippen LogP contribution is 2.33. The molecule has 0 aliphatic carbocycles. The van der Waals surface area contributed by atoms with E-state index in [2.05, 4.69) is 11.8 Å². The van der Waals surface area contributed by atoms with Crippen LogP contribution in [-0.2, 0) is 0 Å². The standard InChI is InChI=1S/C13H18ClFN2/c1-9-4-3-7-17(9)12(8-16)13-10(14)5-2-6-11(13)15/h2,5-6,9,12H,3-4,7-8,16H2,1H3. The van der Waals surface area contributed by atoms with Crippen LogP contribution in [0.3, 0.4) is 0 Å². The number of hydrogen-bond donors (Lipinski definition) is 1. The lowest BCUT2D eigenvalue weighted by Crippen LogP contribution is -2.36. The molecule has 2 N–H and O–H groups in total. The molecule has 2 unspecified atom stereocenters. The maximum Gasteiger partial charge on any atom is 0.129 e. The lowest BCUT2D eigenvalue weighted by molar-refractivity contribution is 0.192. The van der Waals surface area contributed by atoms with Crippen molar-refractivity contribution in [1.82, 2.24) is 4.90 Å². The SMILES string of the molecule is CC1CCCN1C(CN)c1c(F)cccc1Cl. The van der Waals surface area contributed by atoms with Crippen molar-refractivity contribution in [2.45, 2.75) is 31.8 Å². The highest BCUT2D eigenvalue weighted by Gasteiger charge is 2.30. The van der Waals surface area contributed by atoms with Crippen molar-refractivity contribution < 1.29 is 4.39 Å². The summed E-state index contributed by atoms with van der Waals surface area (Å²) in [6.45, 7) is 3.52. The lowest BCUT2D eigenvalue weighted by atomic mass is 10.0. The van der Waals surface area contributed by atoms with Crippen LogP contribution in [-0.4, -0.2) is 24.0 Å². The zero-order valence-electron chi connectivity index (χ0n) is 10.00. The molecule has 1 saturated heterocycles. The minimum absolute atomic E-state index is 0.110. The van der Waals surface area contributed by atoms with Gasteiger partial charge in [-0.2, -0.15) is 0 Å². The summed E-state index contributed by atoms with van der Waals surface area (Å²) >= 11 is 6.11. The Morgan fingerprint density at radius 1 is 1.59 bits per heavy atom. The topological polar surface area (TPSA) is 29.3 Å². The highest BCUT2D eigenvalue weighted by molar-refractivity contribution is 6.31. The number of hydrogen-bond acceptors (Lipinski definition) is 2. The van der Waals surface area contributed by atoms with Gasteiger partial charge in [0.15, 0.2) is 0 Å². The first-order valence-electron chi connectivity index (χ1n) is 6.05. The largest absolute Gasteiger partial charge is 0.329 e. The summed E-state index contributed by atoms with van der Waals surface area (Å²) in [6.07, 6.45) is 2.28. The van der Waals surface area contributed by atoms with Crippen LogP contribution in [0.1, 0.15) is 31.4 Å². The Morgan fingerprint density at radius 3 is 2.88 bits per heavy atom. The van der Waals surface area contributed by atoms with Crippen molar-refractivity contribution in [2.75, 3.05) is 13.1 Å². The summed E-state index contributed by atoms with van der Waals surface area (Å²) in [5.74, 6) is -0.257. The third-order valence-corrected chi connectivity index (χ3v) is 3.89. The van der Waals surface area contributed by atoms with Gasteiger partial charge in [0.25, 0.3) is 0 Å². The zero-order valence-corrected chi connectivity index (χ0v) is 10.8. The van der Waals surface area contributed by atoms with E-state index in [-0.39, 0.29) is 11.9 Å². The molecular formula is C13H18ClFN2. The smallest absolute Gasteiger partial charge is 0.129 e. The highest BCUT2D eigenvalue weighted by atomic mass is 35.5. The summed E-state index contributed by atoms with van der Waals surface area (Å²) in [4.78, 5) is 2.25. The monoisotopic (exact) mass is 256 g/mol. The molecule has 0 amide bonds. The molecule has 2 rings (SSSR count). The summed E-state index contributed by atoms with van der Waals surface area (Å²) in [7, 11) is 0. The second-order valence-corrected chi connectivity index (χ2v) is 5.02.